The number of carbonyl (C=O) groups excluding carboxylic acids is 3. The van der Waals surface area contributed by atoms with E-state index in [0.717, 1.165) is 13.0 Å². The highest BCUT2D eigenvalue weighted by Gasteiger charge is 2.26. The van der Waals surface area contributed by atoms with E-state index in [1.165, 1.54) is 6.07 Å². The van der Waals surface area contributed by atoms with Crippen LogP contribution < -0.4 is 15.1 Å². The summed E-state index contributed by atoms with van der Waals surface area (Å²) < 4.78 is 10.9. The normalized spacial score (nSPS) is 15.2. The molecule has 0 aliphatic carbocycles. The number of nitrogens with zero attached hydrogens (tertiary/aromatic N) is 4. The van der Waals surface area contributed by atoms with Gasteiger partial charge in [0.15, 0.2) is 5.76 Å². The molecule has 1 N–H and O–H groups in total. The molecule has 3 aromatic rings. The van der Waals surface area contributed by atoms with Crippen molar-refractivity contribution >= 4 is 40.5 Å². The second-order valence-electron chi connectivity index (χ2n) is 10.3. The van der Waals surface area contributed by atoms with Gasteiger partial charge in [-0.3, -0.25) is 19.7 Å². The van der Waals surface area contributed by atoms with Crippen LogP contribution in [0.4, 0.5) is 22.7 Å². The van der Waals surface area contributed by atoms with Crippen molar-refractivity contribution in [2.24, 2.45) is 0 Å². The highest BCUT2D eigenvalue weighted by atomic mass is 16.6. The number of piperazine rings is 1. The lowest BCUT2D eigenvalue weighted by atomic mass is 10.1. The molecule has 0 radical (unpaired) electrons. The van der Waals surface area contributed by atoms with Crippen LogP contribution >= 0.6 is 0 Å². The first kappa shape index (κ1) is 28.7. The van der Waals surface area contributed by atoms with Crippen molar-refractivity contribution in [2.75, 3.05) is 61.0 Å². The number of benzene rings is 2. The van der Waals surface area contributed by atoms with Gasteiger partial charge >= 0.3 is 5.97 Å². The summed E-state index contributed by atoms with van der Waals surface area (Å²) in [5, 5.41) is 14.4. The number of anilines is 3. The molecule has 2 aromatic carbocycles. The van der Waals surface area contributed by atoms with Crippen molar-refractivity contribution in [3.05, 3.63) is 81.8 Å². The van der Waals surface area contributed by atoms with Gasteiger partial charge in [0.25, 0.3) is 11.6 Å². The van der Waals surface area contributed by atoms with Crippen molar-refractivity contribution < 1.29 is 28.5 Å². The summed E-state index contributed by atoms with van der Waals surface area (Å²) in [7, 11) is 0. The number of nitro benzene ring substituents is 1. The number of para-hydroxylation sites is 2. The maximum atomic E-state index is 13.0. The number of hydrogen-bond donors (Lipinski definition) is 1. The number of nitrogens with one attached hydrogen (secondary N) is 1. The molecular formula is C30H33N5O7. The van der Waals surface area contributed by atoms with Gasteiger partial charge in [-0.1, -0.05) is 12.1 Å². The fraction of sp³-hybridized carbons (Fsp3) is 0.367. The molecule has 5 rings (SSSR count). The minimum atomic E-state index is -0.528. The molecule has 42 heavy (non-hydrogen) atoms. The SMILES string of the molecule is Cc1ccc(C(=O)Nc2cc(C(=O)OCCCN3CCCC3=O)ccc2N2CCN(c3ccccc3[N+](=O)[O-])CC2)o1. The van der Waals surface area contributed by atoms with Gasteiger partial charge < -0.3 is 29.2 Å². The standard InChI is InChI=1S/C30H33N5O7/c1-21-9-12-27(42-21)29(37)31-23-20-22(30(38)41-19-5-14-34-13-4-8-28(34)36)10-11-24(23)32-15-17-33(18-16-32)25-6-2-3-7-26(25)35(39)40/h2-3,6-7,9-12,20H,4-5,8,13-19H2,1H3,(H,31,37). The van der Waals surface area contributed by atoms with Crippen molar-refractivity contribution in [3.63, 3.8) is 0 Å². The van der Waals surface area contributed by atoms with Crippen LogP contribution in [0.1, 0.15) is 45.9 Å². The third kappa shape index (κ3) is 6.54. The molecule has 12 heteroatoms. The van der Waals surface area contributed by atoms with Crippen molar-refractivity contribution in [3.8, 4) is 0 Å². The number of hydrogen-bond acceptors (Lipinski definition) is 9. The Morgan fingerprint density at radius 1 is 1.00 bits per heavy atom. The highest BCUT2D eigenvalue weighted by molar-refractivity contribution is 6.05. The summed E-state index contributed by atoms with van der Waals surface area (Å²) in [5.74, 6) is -0.112. The van der Waals surface area contributed by atoms with Crippen LogP contribution in [0.2, 0.25) is 0 Å². The average Bonchev–Trinajstić information content (AvgIpc) is 3.62. The molecule has 220 valence electrons. The molecule has 2 saturated heterocycles. The zero-order valence-corrected chi connectivity index (χ0v) is 23.4. The lowest BCUT2D eigenvalue weighted by Gasteiger charge is -2.37. The number of aryl methyl sites for hydroxylation is 1. The maximum Gasteiger partial charge on any atom is 0.338 e. The van der Waals surface area contributed by atoms with E-state index in [1.54, 1.807) is 60.4 Å². The minimum Gasteiger partial charge on any atom is -0.462 e. The number of ether oxygens (including phenoxy) is 1. The molecule has 0 spiro atoms. The Labute approximate surface area is 243 Å². The lowest BCUT2D eigenvalue weighted by molar-refractivity contribution is -0.384. The summed E-state index contributed by atoms with van der Waals surface area (Å²) in [6.07, 6.45) is 1.97. The van der Waals surface area contributed by atoms with E-state index in [9.17, 15) is 24.5 Å². The molecule has 2 aliphatic rings. The van der Waals surface area contributed by atoms with E-state index in [2.05, 4.69) is 10.2 Å². The predicted molar refractivity (Wildman–Crippen MR) is 156 cm³/mol. The van der Waals surface area contributed by atoms with Gasteiger partial charge in [-0.2, -0.15) is 0 Å². The maximum absolute atomic E-state index is 13.0. The van der Waals surface area contributed by atoms with Crippen LogP contribution in [0.5, 0.6) is 0 Å². The minimum absolute atomic E-state index is 0.0579. The second-order valence-corrected chi connectivity index (χ2v) is 10.3. The molecule has 3 heterocycles. The Bertz CT molecular complexity index is 1480. The van der Waals surface area contributed by atoms with Crippen LogP contribution in [0.3, 0.4) is 0 Å². The summed E-state index contributed by atoms with van der Waals surface area (Å²) >= 11 is 0. The molecule has 0 atom stereocenters. The first-order valence-corrected chi connectivity index (χ1v) is 14.0. The molecular weight excluding hydrogens is 542 g/mol. The first-order chi connectivity index (χ1) is 20.3. The van der Waals surface area contributed by atoms with Crippen LogP contribution in [-0.4, -0.2) is 73.5 Å². The van der Waals surface area contributed by atoms with Crippen LogP contribution in [0.15, 0.2) is 59.0 Å². The number of carbonyl (C=O) groups is 3. The molecule has 0 saturated carbocycles. The Balaban J connectivity index is 1.29. The van der Waals surface area contributed by atoms with Gasteiger partial charge in [0.05, 0.1) is 28.5 Å². The number of amides is 2. The topological polar surface area (TPSA) is 138 Å². The second kappa shape index (κ2) is 12.8. The van der Waals surface area contributed by atoms with Gasteiger partial charge in [-0.15, -0.1) is 0 Å². The van der Waals surface area contributed by atoms with E-state index >= 15 is 0 Å². The van der Waals surface area contributed by atoms with Gasteiger partial charge in [-0.05, 0) is 56.2 Å². The summed E-state index contributed by atoms with van der Waals surface area (Å²) in [4.78, 5) is 54.6. The number of furan rings is 1. The summed E-state index contributed by atoms with van der Waals surface area (Å²) in [6.45, 7) is 5.33. The largest absolute Gasteiger partial charge is 0.462 e. The average molecular weight is 576 g/mol. The zero-order chi connectivity index (χ0) is 29.6. The Morgan fingerprint density at radius 3 is 2.40 bits per heavy atom. The number of likely N-dealkylation sites (tertiary alicyclic amines) is 1. The van der Waals surface area contributed by atoms with Gasteiger partial charge in [0.2, 0.25) is 5.91 Å². The van der Waals surface area contributed by atoms with E-state index in [-0.39, 0.29) is 34.4 Å². The fourth-order valence-electron chi connectivity index (χ4n) is 5.30. The van der Waals surface area contributed by atoms with E-state index < -0.39 is 11.9 Å². The number of nitro groups is 1. The molecule has 2 aliphatic heterocycles. The lowest BCUT2D eigenvalue weighted by Crippen LogP contribution is -2.47. The third-order valence-electron chi connectivity index (χ3n) is 7.46. The first-order valence-electron chi connectivity index (χ1n) is 14.0. The Kier molecular flexibility index (Phi) is 8.70. The Morgan fingerprint density at radius 2 is 1.74 bits per heavy atom. The van der Waals surface area contributed by atoms with Gasteiger partial charge in [-0.25, -0.2) is 4.79 Å². The van der Waals surface area contributed by atoms with E-state index in [0.29, 0.717) is 68.4 Å². The van der Waals surface area contributed by atoms with Crippen LogP contribution in [-0.2, 0) is 9.53 Å². The third-order valence-corrected chi connectivity index (χ3v) is 7.46. The van der Waals surface area contributed by atoms with Crippen molar-refractivity contribution in [2.45, 2.75) is 26.2 Å². The molecule has 0 bridgehead atoms. The fourth-order valence-corrected chi connectivity index (χ4v) is 5.30. The zero-order valence-electron chi connectivity index (χ0n) is 23.4. The molecule has 2 fully saturated rings. The van der Waals surface area contributed by atoms with E-state index in [1.807, 2.05) is 4.90 Å². The van der Waals surface area contributed by atoms with Crippen LogP contribution in [0, 0.1) is 17.0 Å². The molecule has 1 aromatic heterocycles. The smallest absolute Gasteiger partial charge is 0.338 e. The number of esters is 1. The van der Waals surface area contributed by atoms with Crippen molar-refractivity contribution in [1.82, 2.24) is 4.90 Å². The quantitative estimate of drug-likeness (QED) is 0.163. The van der Waals surface area contributed by atoms with Crippen LogP contribution in [0.25, 0.3) is 0 Å². The number of rotatable bonds is 10. The van der Waals surface area contributed by atoms with E-state index in [4.69, 9.17) is 9.15 Å². The van der Waals surface area contributed by atoms with Crippen molar-refractivity contribution in [1.29, 1.82) is 0 Å². The monoisotopic (exact) mass is 575 g/mol. The highest BCUT2D eigenvalue weighted by Crippen LogP contribution is 2.32. The van der Waals surface area contributed by atoms with Gasteiger partial charge in [0, 0.05) is 51.8 Å². The Hall–Kier alpha value is -4.87. The summed E-state index contributed by atoms with van der Waals surface area (Å²) in [6, 6.07) is 15.0. The molecule has 2 amide bonds. The molecule has 12 nitrogen and oxygen atoms in total. The van der Waals surface area contributed by atoms with Gasteiger partial charge in [0.1, 0.15) is 11.4 Å². The summed E-state index contributed by atoms with van der Waals surface area (Å²) in [5.41, 5.74) is 2.03. The predicted octanol–water partition coefficient (Wildman–Crippen LogP) is 4.24. The molecule has 0 unspecified atom stereocenters.